The van der Waals surface area contributed by atoms with Crippen LogP contribution in [0.15, 0.2) is 73.1 Å². The molecule has 31 heavy (non-hydrogen) atoms. The van der Waals surface area contributed by atoms with Gasteiger partial charge in [0.15, 0.2) is 5.69 Å². The first kappa shape index (κ1) is 20.2. The fourth-order valence-electron chi connectivity index (χ4n) is 3.23. The molecule has 1 amide bonds. The van der Waals surface area contributed by atoms with Crippen molar-refractivity contribution in [2.24, 2.45) is 0 Å². The van der Waals surface area contributed by atoms with E-state index in [1.807, 2.05) is 31.2 Å². The Hall–Kier alpha value is -4.07. The molecule has 1 atom stereocenters. The molecule has 1 N–H and O–H groups in total. The zero-order valence-electron chi connectivity index (χ0n) is 17.0. The SMILES string of the molecule is COc1cccc(-n2nnc(C(=O)N[C@H](C)c3ccc(F)cc3)c2-c2ccncc2)c1. The minimum atomic E-state index is -0.391. The van der Waals surface area contributed by atoms with Crippen LogP contribution < -0.4 is 10.1 Å². The smallest absolute Gasteiger partial charge is 0.274 e. The highest BCUT2D eigenvalue weighted by Gasteiger charge is 2.23. The number of rotatable bonds is 6. The summed E-state index contributed by atoms with van der Waals surface area (Å²) in [6.45, 7) is 1.82. The summed E-state index contributed by atoms with van der Waals surface area (Å²) in [6, 6.07) is 16.5. The molecule has 0 saturated carbocycles. The van der Waals surface area contributed by atoms with Gasteiger partial charge in [0.05, 0.1) is 18.8 Å². The number of pyridine rings is 1. The van der Waals surface area contributed by atoms with Crippen LogP contribution in [0.5, 0.6) is 5.75 Å². The van der Waals surface area contributed by atoms with Crippen LogP contribution in [-0.4, -0.2) is 33.0 Å². The summed E-state index contributed by atoms with van der Waals surface area (Å²) < 4.78 is 20.1. The van der Waals surface area contributed by atoms with Crippen molar-refractivity contribution in [3.8, 4) is 22.7 Å². The van der Waals surface area contributed by atoms with E-state index in [2.05, 4.69) is 20.6 Å². The van der Waals surface area contributed by atoms with Gasteiger partial charge < -0.3 is 10.1 Å². The number of amides is 1. The molecule has 2 aromatic carbocycles. The van der Waals surface area contributed by atoms with E-state index in [-0.39, 0.29) is 17.6 Å². The molecule has 0 bridgehead atoms. The third-order valence-corrected chi connectivity index (χ3v) is 4.85. The number of hydrogen-bond acceptors (Lipinski definition) is 5. The Labute approximate surface area is 178 Å². The van der Waals surface area contributed by atoms with Gasteiger partial charge in [0.1, 0.15) is 17.3 Å². The Morgan fingerprint density at radius 2 is 1.84 bits per heavy atom. The van der Waals surface area contributed by atoms with Crippen LogP contribution in [-0.2, 0) is 0 Å². The number of hydrogen-bond donors (Lipinski definition) is 1. The van der Waals surface area contributed by atoms with Gasteiger partial charge in [-0.3, -0.25) is 9.78 Å². The molecule has 0 unspecified atom stereocenters. The number of ether oxygens (including phenoxy) is 1. The molecule has 2 aromatic heterocycles. The fraction of sp³-hybridized carbons (Fsp3) is 0.130. The minimum Gasteiger partial charge on any atom is -0.497 e. The standard InChI is InChI=1S/C23H20FN5O2/c1-15(16-6-8-18(24)9-7-16)26-23(30)21-22(17-10-12-25-13-11-17)29(28-27-21)19-4-3-5-20(14-19)31-2/h3-15H,1-2H3,(H,26,30)/t15-/m1/s1. The van der Waals surface area contributed by atoms with E-state index in [1.54, 1.807) is 48.5 Å². The van der Waals surface area contributed by atoms with Crippen molar-refractivity contribution in [1.82, 2.24) is 25.3 Å². The molecule has 8 heteroatoms. The van der Waals surface area contributed by atoms with Crippen LogP contribution in [0.1, 0.15) is 29.0 Å². The number of methoxy groups -OCH3 is 1. The van der Waals surface area contributed by atoms with Crippen molar-refractivity contribution in [1.29, 1.82) is 0 Å². The zero-order chi connectivity index (χ0) is 21.8. The lowest BCUT2D eigenvalue weighted by Crippen LogP contribution is -2.27. The second kappa shape index (κ2) is 8.74. The molecule has 0 spiro atoms. The molecule has 0 aliphatic carbocycles. The summed E-state index contributed by atoms with van der Waals surface area (Å²) >= 11 is 0. The van der Waals surface area contributed by atoms with E-state index in [1.165, 1.54) is 12.1 Å². The van der Waals surface area contributed by atoms with Gasteiger partial charge in [-0.15, -0.1) is 5.10 Å². The lowest BCUT2D eigenvalue weighted by molar-refractivity contribution is 0.0935. The maximum absolute atomic E-state index is 13.2. The average Bonchev–Trinajstić information content (AvgIpc) is 3.25. The molecule has 156 valence electrons. The van der Waals surface area contributed by atoms with Crippen LogP contribution >= 0.6 is 0 Å². The van der Waals surface area contributed by atoms with Gasteiger partial charge in [0, 0.05) is 24.0 Å². The molecule has 2 heterocycles. The molecule has 0 radical (unpaired) electrons. The first-order valence-corrected chi connectivity index (χ1v) is 9.63. The van der Waals surface area contributed by atoms with E-state index < -0.39 is 5.91 Å². The summed E-state index contributed by atoms with van der Waals surface area (Å²) in [5, 5.41) is 11.3. The maximum atomic E-state index is 13.2. The van der Waals surface area contributed by atoms with Crippen molar-refractivity contribution in [2.45, 2.75) is 13.0 Å². The largest absolute Gasteiger partial charge is 0.497 e. The third-order valence-electron chi connectivity index (χ3n) is 4.85. The lowest BCUT2D eigenvalue weighted by atomic mass is 10.1. The molecule has 0 aliphatic heterocycles. The van der Waals surface area contributed by atoms with Crippen LogP contribution in [0.4, 0.5) is 4.39 Å². The number of carbonyl (C=O) groups excluding carboxylic acids is 1. The molecular weight excluding hydrogens is 397 g/mol. The topological polar surface area (TPSA) is 81.9 Å². The van der Waals surface area contributed by atoms with Crippen molar-refractivity contribution < 1.29 is 13.9 Å². The van der Waals surface area contributed by atoms with Crippen molar-refractivity contribution >= 4 is 5.91 Å². The molecule has 0 aliphatic rings. The normalized spacial score (nSPS) is 11.7. The van der Waals surface area contributed by atoms with E-state index in [4.69, 9.17) is 4.74 Å². The number of carbonyl (C=O) groups is 1. The summed E-state index contributed by atoms with van der Waals surface area (Å²) in [5.41, 5.74) is 2.91. The average molecular weight is 417 g/mol. The molecule has 7 nitrogen and oxygen atoms in total. The molecule has 4 aromatic rings. The Bertz CT molecular complexity index is 1190. The van der Waals surface area contributed by atoms with Gasteiger partial charge in [0.25, 0.3) is 5.91 Å². The fourth-order valence-corrected chi connectivity index (χ4v) is 3.23. The first-order valence-electron chi connectivity index (χ1n) is 9.63. The molecule has 4 rings (SSSR count). The Morgan fingerprint density at radius 1 is 1.10 bits per heavy atom. The Morgan fingerprint density at radius 3 is 2.55 bits per heavy atom. The van der Waals surface area contributed by atoms with Crippen molar-refractivity contribution in [3.63, 3.8) is 0 Å². The number of nitrogens with zero attached hydrogens (tertiary/aromatic N) is 4. The number of benzene rings is 2. The molecular formula is C23H20FN5O2. The van der Waals surface area contributed by atoms with Gasteiger partial charge in [-0.05, 0) is 48.9 Å². The van der Waals surface area contributed by atoms with Gasteiger partial charge in [-0.2, -0.15) is 0 Å². The third kappa shape index (κ3) is 4.28. The summed E-state index contributed by atoms with van der Waals surface area (Å²) in [7, 11) is 1.58. The quantitative estimate of drug-likeness (QED) is 0.513. The molecule has 0 fully saturated rings. The highest BCUT2D eigenvalue weighted by molar-refractivity contribution is 5.98. The monoisotopic (exact) mass is 417 g/mol. The van der Waals surface area contributed by atoms with E-state index in [9.17, 15) is 9.18 Å². The van der Waals surface area contributed by atoms with Crippen molar-refractivity contribution in [2.75, 3.05) is 7.11 Å². The number of halogens is 1. The minimum absolute atomic E-state index is 0.169. The number of aromatic nitrogens is 4. The van der Waals surface area contributed by atoms with Crippen LogP contribution in [0.25, 0.3) is 16.9 Å². The maximum Gasteiger partial charge on any atom is 0.274 e. The Balaban J connectivity index is 1.73. The van der Waals surface area contributed by atoms with E-state index >= 15 is 0 Å². The number of nitrogens with one attached hydrogen (secondary N) is 1. The van der Waals surface area contributed by atoms with Gasteiger partial charge in [0.2, 0.25) is 0 Å². The summed E-state index contributed by atoms with van der Waals surface area (Å²) in [6.07, 6.45) is 3.28. The highest BCUT2D eigenvalue weighted by Crippen LogP contribution is 2.27. The second-order valence-corrected chi connectivity index (χ2v) is 6.88. The second-order valence-electron chi connectivity index (χ2n) is 6.88. The van der Waals surface area contributed by atoms with Gasteiger partial charge in [-0.1, -0.05) is 23.4 Å². The lowest BCUT2D eigenvalue weighted by Gasteiger charge is -2.14. The highest BCUT2D eigenvalue weighted by atomic mass is 19.1. The Kier molecular flexibility index (Phi) is 5.70. The first-order chi connectivity index (χ1) is 15.1. The molecule has 0 saturated heterocycles. The van der Waals surface area contributed by atoms with Crippen LogP contribution in [0, 0.1) is 5.82 Å². The van der Waals surface area contributed by atoms with Crippen molar-refractivity contribution in [3.05, 3.63) is 90.1 Å². The van der Waals surface area contributed by atoms with Crippen LogP contribution in [0.2, 0.25) is 0 Å². The summed E-state index contributed by atoms with van der Waals surface area (Å²) in [5.74, 6) is -0.0640. The van der Waals surface area contributed by atoms with Gasteiger partial charge >= 0.3 is 0 Å². The van der Waals surface area contributed by atoms with E-state index in [0.717, 1.165) is 11.1 Å². The summed E-state index contributed by atoms with van der Waals surface area (Å²) in [4.78, 5) is 17.2. The zero-order valence-corrected chi connectivity index (χ0v) is 17.0. The van der Waals surface area contributed by atoms with Gasteiger partial charge in [-0.25, -0.2) is 9.07 Å². The predicted octanol–water partition coefficient (Wildman–Crippen LogP) is 3.97. The van der Waals surface area contributed by atoms with E-state index in [0.29, 0.717) is 17.1 Å². The van der Waals surface area contributed by atoms with Crippen LogP contribution in [0.3, 0.4) is 0 Å². The predicted molar refractivity (Wildman–Crippen MR) is 113 cm³/mol.